The molecule has 0 aliphatic carbocycles. The maximum Gasteiger partial charge on any atom is 0.313 e. The Bertz CT molecular complexity index is 481. The third-order valence-corrected chi connectivity index (χ3v) is 1.87. The van der Waals surface area contributed by atoms with E-state index in [-0.39, 0.29) is 5.69 Å². The number of carbonyl (C=O) groups excluding carboxylic acids is 2. The molecule has 0 aromatic heterocycles. The molecule has 98 valence electrons. The van der Waals surface area contributed by atoms with Crippen LogP contribution in [0, 0.1) is 11.6 Å². The van der Waals surface area contributed by atoms with Gasteiger partial charge in [-0.3, -0.25) is 9.59 Å². The average Bonchev–Trinajstić information content (AvgIpc) is 2.19. The van der Waals surface area contributed by atoms with Gasteiger partial charge in [-0.2, -0.15) is 0 Å². The minimum atomic E-state index is -1.00. The van der Waals surface area contributed by atoms with E-state index in [0.717, 1.165) is 12.1 Å². The van der Waals surface area contributed by atoms with Crippen molar-refractivity contribution in [3.05, 3.63) is 29.8 Å². The van der Waals surface area contributed by atoms with Crippen molar-refractivity contribution in [3.63, 3.8) is 0 Å². The SMILES string of the molecule is CC(C)(C)NC(=O)C(=O)Nc1ccc(F)cc1F. The third-order valence-electron chi connectivity index (χ3n) is 1.87. The van der Waals surface area contributed by atoms with Gasteiger partial charge in [-0.1, -0.05) is 0 Å². The summed E-state index contributed by atoms with van der Waals surface area (Å²) in [7, 11) is 0. The molecule has 2 amide bonds. The second kappa shape index (κ2) is 5.12. The Labute approximate surface area is 103 Å². The van der Waals surface area contributed by atoms with E-state index in [1.807, 2.05) is 0 Å². The molecule has 0 aliphatic heterocycles. The lowest BCUT2D eigenvalue weighted by molar-refractivity contribution is -0.137. The molecule has 4 nitrogen and oxygen atoms in total. The molecule has 0 unspecified atom stereocenters. The first-order valence-electron chi connectivity index (χ1n) is 5.27. The summed E-state index contributed by atoms with van der Waals surface area (Å²) in [6.45, 7) is 5.12. The van der Waals surface area contributed by atoms with Gasteiger partial charge < -0.3 is 10.6 Å². The normalized spacial score (nSPS) is 10.9. The van der Waals surface area contributed by atoms with Gasteiger partial charge in [0.25, 0.3) is 0 Å². The van der Waals surface area contributed by atoms with Crippen LogP contribution < -0.4 is 10.6 Å². The maximum atomic E-state index is 13.2. The van der Waals surface area contributed by atoms with Crippen LogP contribution in [0.15, 0.2) is 18.2 Å². The number of benzene rings is 1. The monoisotopic (exact) mass is 256 g/mol. The first-order valence-corrected chi connectivity index (χ1v) is 5.27. The minimum Gasteiger partial charge on any atom is -0.343 e. The van der Waals surface area contributed by atoms with Crippen LogP contribution in [-0.2, 0) is 9.59 Å². The van der Waals surface area contributed by atoms with Crippen LogP contribution in [-0.4, -0.2) is 17.4 Å². The molecule has 1 aromatic carbocycles. The summed E-state index contributed by atoms with van der Waals surface area (Å²) in [4.78, 5) is 22.9. The highest BCUT2D eigenvalue weighted by molar-refractivity contribution is 6.39. The predicted molar refractivity (Wildman–Crippen MR) is 62.9 cm³/mol. The third kappa shape index (κ3) is 4.12. The number of hydrogen-bond donors (Lipinski definition) is 2. The van der Waals surface area contributed by atoms with E-state index in [0.29, 0.717) is 6.07 Å². The fourth-order valence-electron chi connectivity index (χ4n) is 1.17. The van der Waals surface area contributed by atoms with Crippen LogP contribution >= 0.6 is 0 Å². The molecular weight excluding hydrogens is 242 g/mol. The smallest absolute Gasteiger partial charge is 0.313 e. The fraction of sp³-hybridized carbons (Fsp3) is 0.333. The molecule has 0 fully saturated rings. The fourth-order valence-corrected chi connectivity index (χ4v) is 1.17. The second-order valence-corrected chi connectivity index (χ2v) is 4.78. The van der Waals surface area contributed by atoms with Crippen molar-refractivity contribution >= 4 is 17.5 Å². The van der Waals surface area contributed by atoms with Crippen molar-refractivity contribution in [2.24, 2.45) is 0 Å². The van der Waals surface area contributed by atoms with Gasteiger partial charge >= 0.3 is 11.8 Å². The van der Waals surface area contributed by atoms with E-state index in [1.165, 1.54) is 0 Å². The number of carbonyl (C=O) groups is 2. The molecule has 18 heavy (non-hydrogen) atoms. The summed E-state index contributed by atoms with van der Waals surface area (Å²) >= 11 is 0. The summed E-state index contributed by atoms with van der Waals surface area (Å²) in [5.41, 5.74) is -0.819. The van der Waals surface area contributed by atoms with Gasteiger partial charge in [0.15, 0.2) is 0 Å². The summed E-state index contributed by atoms with van der Waals surface area (Å²) < 4.78 is 25.9. The van der Waals surface area contributed by atoms with Crippen LogP contribution in [0.2, 0.25) is 0 Å². The van der Waals surface area contributed by atoms with Crippen molar-refractivity contribution in [1.29, 1.82) is 0 Å². The van der Waals surface area contributed by atoms with Crippen molar-refractivity contribution in [2.45, 2.75) is 26.3 Å². The minimum absolute atomic E-state index is 0.245. The Morgan fingerprint density at radius 1 is 1.11 bits per heavy atom. The van der Waals surface area contributed by atoms with E-state index in [4.69, 9.17) is 0 Å². The summed E-state index contributed by atoms with van der Waals surface area (Å²) in [6, 6.07) is 2.66. The van der Waals surface area contributed by atoms with Crippen LogP contribution in [0.3, 0.4) is 0 Å². The number of nitrogens with one attached hydrogen (secondary N) is 2. The topological polar surface area (TPSA) is 58.2 Å². The van der Waals surface area contributed by atoms with Gasteiger partial charge in [0.05, 0.1) is 5.69 Å². The Morgan fingerprint density at radius 2 is 1.72 bits per heavy atom. The molecule has 0 saturated heterocycles. The van der Waals surface area contributed by atoms with E-state index in [2.05, 4.69) is 10.6 Å². The standard InChI is InChI=1S/C12H14F2N2O2/c1-12(2,3)16-11(18)10(17)15-9-5-4-7(13)6-8(9)14/h4-6H,1-3H3,(H,15,17)(H,16,18). The molecule has 0 saturated carbocycles. The first-order chi connectivity index (χ1) is 8.19. The van der Waals surface area contributed by atoms with Crippen molar-refractivity contribution in [3.8, 4) is 0 Å². The lowest BCUT2D eigenvalue weighted by Gasteiger charge is -2.19. The lowest BCUT2D eigenvalue weighted by atomic mass is 10.1. The molecule has 0 atom stereocenters. The lowest BCUT2D eigenvalue weighted by Crippen LogP contribution is -2.46. The number of rotatable bonds is 1. The Morgan fingerprint density at radius 3 is 2.22 bits per heavy atom. The second-order valence-electron chi connectivity index (χ2n) is 4.78. The number of halogens is 2. The Balaban J connectivity index is 2.73. The summed E-state index contributed by atoms with van der Waals surface area (Å²) in [5.74, 6) is -3.58. The molecule has 0 radical (unpaired) electrons. The molecule has 0 spiro atoms. The summed E-state index contributed by atoms with van der Waals surface area (Å²) in [5, 5.41) is 4.49. The molecule has 0 heterocycles. The van der Waals surface area contributed by atoms with Gasteiger partial charge in [-0.15, -0.1) is 0 Å². The van der Waals surface area contributed by atoms with Crippen LogP contribution in [0.4, 0.5) is 14.5 Å². The number of anilines is 1. The zero-order chi connectivity index (χ0) is 13.9. The molecule has 1 aromatic rings. The zero-order valence-corrected chi connectivity index (χ0v) is 10.3. The van der Waals surface area contributed by atoms with Crippen molar-refractivity contribution in [1.82, 2.24) is 5.32 Å². The van der Waals surface area contributed by atoms with Gasteiger partial charge in [0.1, 0.15) is 11.6 Å². The van der Waals surface area contributed by atoms with Gasteiger partial charge in [0, 0.05) is 11.6 Å². The van der Waals surface area contributed by atoms with Crippen LogP contribution in [0.5, 0.6) is 0 Å². The predicted octanol–water partition coefficient (Wildman–Crippen LogP) is 1.82. The van der Waals surface area contributed by atoms with Gasteiger partial charge in [-0.25, -0.2) is 8.78 Å². The highest BCUT2D eigenvalue weighted by Gasteiger charge is 2.21. The molecule has 6 heteroatoms. The van der Waals surface area contributed by atoms with Crippen LogP contribution in [0.25, 0.3) is 0 Å². The maximum absolute atomic E-state index is 13.2. The summed E-state index contributed by atoms with van der Waals surface area (Å²) in [6.07, 6.45) is 0. The van der Waals surface area contributed by atoms with Crippen LogP contribution in [0.1, 0.15) is 20.8 Å². The first kappa shape index (κ1) is 14.1. The molecular formula is C12H14F2N2O2. The quantitative estimate of drug-likeness (QED) is 0.753. The van der Waals surface area contributed by atoms with Crippen molar-refractivity contribution in [2.75, 3.05) is 5.32 Å². The number of amides is 2. The Hall–Kier alpha value is -1.98. The molecule has 0 aliphatic rings. The average molecular weight is 256 g/mol. The van der Waals surface area contributed by atoms with Gasteiger partial charge in [0.2, 0.25) is 0 Å². The van der Waals surface area contributed by atoms with E-state index >= 15 is 0 Å². The van der Waals surface area contributed by atoms with Crippen molar-refractivity contribution < 1.29 is 18.4 Å². The van der Waals surface area contributed by atoms with E-state index in [1.54, 1.807) is 20.8 Å². The zero-order valence-electron chi connectivity index (χ0n) is 10.3. The largest absolute Gasteiger partial charge is 0.343 e. The molecule has 1 rings (SSSR count). The highest BCUT2D eigenvalue weighted by Crippen LogP contribution is 2.14. The van der Waals surface area contributed by atoms with Gasteiger partial charge in [-0.05, 0) is 32.9 Å². The molecule has 0 bridgehead atoms. The number of hydrogen-bond acceptors (Lipinski definition) is 2. The highest BCUT2D eigenvalue weighted by atomic mass is 19.1. The molecule has 2 N–H and O–H groups in total. The Kier molecular flexibility index (Phi) is 4.00. The van der Waals surface area contributed by atoms with E-state index in [9.17, 15) is 18.4 Å². The van der Waals surface area contributed by atoms with E-state index < -0.39 is 29.0 Å².